The summed E-state index contributed by atoms with van der Waals surface area (Å²) in [5, 5.41) is 7.80. The van der Waals surface area contributed by atoms with E-state index in [9.17, 15) is 0 Å². The van der Waals surface area contributed by atoms with Gasteiger partial charge in [-0.25, -0.2) is 4.98 Å². The molecule has 0 spiro atoms. The molecule has 1 heterocycles. The first-order valence-electron chi connectivity index (χ1n) is 6.61. The number of benzene rings is 1. The van der Waals surface area contributed by atoms with E-state index in [-0.39, 0.29) is 0 Å². The zero-order valence-electron chi connectivity index (χ0n) is 11.7. The van der Waals surface area contributed by atoms with Gasteiger partial charge < -0.3 is 10.6 Å². The Kier molecular flexibility index (Phi) is 6.82. The first-order valence-corrected chi connectivity index (χ1v) is 7.02. The van der Waals surface area contributed by atoms with E-state index in [1.54, 1.807) is 0 Å². The van der Waals surface area contributed by atoms with E-state index in [0.29, 0.717) is 5.11 Å². The highest BCUT2D eigenvalue weighted by Crippen LogP contribution is 2.14. The van der Waals surface area contributed by atoms with Crippen molar-refractivity contribution in [2.45, 2.75) is 27.2 Å². The number of nitrogens with one attached hydrogen (secondary N) is 2. The number of para-hydroxylation sites is 1. The van der Waals surface area contributed by atoms with Crippen LogP contribution < -0.4 is 10.6 Å². The topological polar surface area (TPSA) is 37.0 Å². The van der Waals surface area contributed by atoms with Gasteiger partial charge in [0.05, 0.1) is 5.52 Å². The second kappa shape index (κ2) is 8.43. The van der Waals surface area contributed by atoms with Crippen molar-refractivity contribution in [3.05, 3.63) is 36.4 Å². The molecule has 3 nitrogen and oxygen atoms in total. The molecule has 0 amide bonds. The molecule has 0 bridgehead atoms. The zero-order valence-corrected chi connectivity index (χ0v) is 12.6. The summed E-state index contributed by atoms with van der Waals surface area (Å²) < 4.78 is 0. The van der Waals surface area contributed by atoms with Crippen LogP contribution in [0.15, 0.2) is 36.4 Å². The predicted octanol–water partition coefficient (Wildman–Crippen LogP) is 3.96. The maximum absolute atomic E-state index is 5.10. The Hall–Kier alpha value is -1.68. The summed E-state index contributed by atoms with van der Waals surface area (Å²) in [5.74, 6) is 0.768. The molecule has 0 aliphatic rings. The first kappa shape index (κ1) is 15.4. The Morgan fingerprint density at radius 1 is 1.11 bits per heavy atom. The number of nitrogens with zero attached hydrogens (tertiary/aromatic N) is 1. The second-order valence-electron chi connectivity index (χ2n) is 4.08. The Morgan fingerprint density at radius 3 is 2.47 bits per heavy atom. The van der Waals surface area contributed by atoms with Gasteiger partial charge in [-0.05, 0) is 37.3 Å². The smallest absolute Gasteiger partial charge is 0.171 e. The molecular weight excluding hydrogens is 254 g/mol. The van der Waals surface area contributed by atoms with E-state index in [2.05, 4.69) is 29.5 Å². The van der Waals surface area contributed by atoms with Crippen molar-refractivity contribution in [3.8, 4) is 0 Å². The van der Waals surface area contributed by atoms with Crippen molar-refractivity contribution >= 4 is 34.1 Å². The number of hydrogen-bond acceptors (Lipinski definition) is 2. The fourth-order valence-corrected chi connectivity index (χ4v) is 1.71. The lowest BCUT2D eigenvalue weighted by Crippen LogP contribution is -2.28. The molecule has 0 atom stereocenters. The van der Waals surface area contributed by atoms with Gasteiger partial charge in [0.25, 0.3) is 0 Å². The fraction of sp³-hybridized carbons (Fsp3) is 0.333. The molecule has 0 aliphatic carbocycles. The van der Waals surface area contributed by atoms with Crippen LogP contribution in [-0.4, -0.2) is 16.6 Å². The minimum Gasteiger partial charge on any atom is -0.363 e. The largest absolute Gasteiger partial charge is 0.363 e. The highest BCUT2D eigenvalue weighted by atomic mass is 32.1. The molecule has 19 heavy (non-hydrogen) atoms. The molecule has 1 aromatic carbocycles. The van der Waals surface area contributed by atoms with Gasteiger partial charge in [0.2, 0.25) is 0 Å². The molecule has 4 heteroatoms. The summed E-state index contributed by atoms with van der Waals surface area (Å²) in [7, 11) is 0. The third kappa shape index (κ3) is 5.22. The average Bonchev–Trinajstić information content (AvgIpc) is 2.40. The summed E-state index contributed by atoms with van der Waals surface area (Å²) in [6, 6.07) is 11.9. The SMILES string of the molecule is CCC.CCNC(=S)Nc1ccc2ccccc2n1. The number of hydrogen-bond donors (Lipinski definition) is 2. The molecule has 0 saturated heterocycles. The van der Waals surface area contributed by atoms with Crippen LogP contribution in [0.25, 0.3) is 10.9 Å². The summed E-state index contributed by atoms with van der Waals surface area (Å²) in [6.45, 7) is 7.06. The molecule has 0 aliphatic heterocycles. The van der Waals surface area contributed by atoms with E-state index in [1.165, 1.54) is 6.42 Å². The van der Waals surface area contributed by atoms with Gasteiger partial charge in [0.15, 0.2) is 5.11 Å². The first-order chi connectivity index (χ1) is 9.21. The molecule has 0 fully saturated rings. The lowest BCUT2D eigenvalue weighted by molar-refractivity contribution is 0.978. The molecular formula is C15H21N3S. The van der Waals surface area contributed by atoms with Gasteiger partial charge in [-0.3, -0.25) is 0 Å². The van der Waals surface area contributed by atoms with Crippen LogP contribution in [0.4, 0.5) is 5.82 Å². The standard InChI is InChI=1S/C12H13N3S.C3H8/c1-2-13-12(16)15-11-8-7-9-5-3-4-6-10(9)14-11;1-3-2/h3-8H,2H2,1H3,(H2,13,14,15,16);3H2,1-2H3. The van der Waals surface area contributed by atoms with Crippen LogP contribution in [0.3, 0.4) is 0 Å². The lowest BCUT2D eigenvalue weighted by atomic mass is 10.2. The van der Waals surface area contributed by atoms with Crippen LogP contribution >= 0.6 is 12.2 Å². The molecule has 0 unspecified atom stereocenters. The minimum absolute atomic E-state index is 0.602. The van der Waals surface area contributed by atoms with E-state index in [0.717, 1.165) is 23.3 Å². The summed E-state index contributed by atoms with van der Waals surface area (Å²) in [5.41, 5.74) is 0.965. The summed E-state index contributed by atoms with van der Waals surface area (Å²) in [6.07, 6.45) is 1.25. The lowest BCUT2D eigenvalue weighted by Gasteiger charge is -2.08. The van der Waals surface area contributed by atoms with Gasteiger partial charge in [0.1, 0.15) is 5.82 Å². The van der Waals surface area contributed by atoms with Gasteiger partial charge in [-0.15, -0.1) is 0 Å². The molecule has 2 rings (SSSR count). The van der Waals surface area contributed by atoms with Crippen molar-refractivity contribution in [2.24, 2.45) is 0 Å². The van der Waals surface area contributed by atoms with Crippen molar-refractivity contribution in [3.63, 3.8) is 0 Å². The van der Waals surface area contributed by atoms with E-state index >= 15 is 0 Å². The fourth-order valence-electron chi connectivity index (χ4n) is 1.46. The second-order valence-corrected chi connectivity index (χ2v) is 4.49. The quantitative estimate of drug-likeness (QED) is 0.814. The van der Waals surface area contributed by atoms with Crippen LogP contribution in [0, 0.1) is 0 Å². The maximum atomic E-state index is 5.10. The maximum Gasteiger partial charge on any atom is 0.171 e. The summed E-state index contributed by atoms with van der Waals surface area (Å²) in [4.78, 5) is 4.46. The number of pyridine rings is 1. The van der Waals surface area contributed by atoms with Crippen molar-refractivity contribution < 1.29 is 0 Å². The van der Waals surface area contributed by atoms with Crippen molar-refractivity contribution in [1.82, 2.24) is 10.3 Å². The van der Waals surface area contributed by atoms with Gasteiger partial charge in [-0.2, -0.15) is 0 Å². The Labute approximate surface area is 120 Å². The highest BCUT2D eigenvalue weighted by Gasteiger charge is 1.99. The molecule has 0 radical (unpaired) electrons. The Morgan fingerprint density at radius 2 is 1.79 bits per heavy atom. The van der Waals surface area contributed by atoms with E-state index in [1.807, 2.05) is 43.3 Å². The molecule has 1 aromatic heterocycles. The average molecular weight is 275 g/mol. The van der Waals surface area contributed by atoms with Gasteiger partial charge in [0, 0.05) is 11.9 Å². The van der Waals surface area contributed by atoms with Gasteiger partial charge >= 0.3 is 0 Å². The third-order valence-electron chi connectivity index (χ3n) is 2.18. The molecule has 102 valence electrons. The monoisotopic (exact) mass is 275 g/mol. The van der Waals surface area contributed by atoms with Crippen LogP contribution in [0.5, 0.6) is 0 Å². The summed E-state index contributed by atoms with van der Waals surface area (Å²) >= 11 is 5.10. The third-order valence-corrected chi connectivity index (χ3v) is 2.42. The molecule has 2 N–H and O–H groups in total. The van der Waals surface area contributed by atoms with Crippen LogP contribution in [0.1, 0.15) is 27.2 Å². The highest BCUT2D eigenvalue weighted by molar-refractivity contribution is 7.80. The molecule has 2 aromatic rings. The number of fused-ring (bicyclic) bond motifs is 1. The van der Waals surface area contributed by atoms with E-state index < -0.39 is 0 Å². The van der Waals surface area contributed by atoms with Crippen LogP contribution in [0.2, 0.25) is 0 Å². The number of rotatable bonds is 2. The van der Waals surface area contributed by atoms with Crippen molar-refractivity contribution in [2.75, 3.05) is 11.9 Å². The molecule has 0 saturated carbocycles. The van der Waals surface area contributed by atoms with E-state index in [4.69, 9.17) is 12.2 Å². The Bertz CT molecular complexity index is 526. The minimum atomic E-state index is 0.602. The number of anilines is 1. The normalized spacial score (nSPS) is 9.42. The zero-order chi connectivity index (χ0) is 14.1. The Balaban J connectivity index is 0.000000550. The van der Waals surface area contributed by atoms with Crippen LogP contribution in [-0.2, 0) is 0 Å². The van der Waals surface area contributed by atoms with Crippen molar-refractivity contribution in [1.29, 1.82) is 0 Å². The number of thiocarbonyl (C=S) groups is 1. The number of aromatic nitrogens is 1. The van der Waals surface area contributed by atoms with Gasteiger partial charge in [-0.1, -0.05) is 38.5 Å². The predicted molar refractivity (Wildman–Crippen MR) is 87.6 cm³/mol.